The summed E-state index contributed by atoms with van der Waals surface area (Å²) in [5.74, 6) is 0.904. The molecule has 2 aromatic heterocycles. The molecule has 1 unspecified atom stereocenters. The molecule has 0 saturated carbocycles. The number of nitrogens with zero attached hydrogens (tertiary/aromatic N) is 1. The lowest BCUT2D eigenvalue weighted by Gasteiger charge is -2.26. The van der Waals surface area contributed by atoms with Crippen LogP contribution in [-0.2, 0) is 12.8 Å². The van der Waals surface area contributed by atoms with Crippen molar-refractivity contribution in [3.8, 4) is 11.5 Å². The maximum absolute atomic E-state index is 12.9. The molecule has 2 heterocycles. The Labute approximate surface area is 191 Å². The van der Waals surface area contributed by atoms with Crippen molar-refractivity contribution in [1.82, 2.24) is 20.6 Å². The monoisotopic (exact) mass is 440 g/mol. The zero-order valence-electron chi connectivity index (χ0n) is 18.2. The molecule has 33 heavy (non-hydrogen) atoms. The first-order valence-electron chi connectivity index (χ1n) is 11.0. The van der Waals surface area contributed by atoms with Crippen LogP contribution >= 0.6 is 0 Å². The summed E-state index contributed by atoms with van der Waals surface area (Å²) < 4.78 is 5.99. The number of benzene rings is 2. The molecular weight excluding hydrogens is 416 g/mol. The molecule has 0 fully saturated rings. The van der Waals surface area contributed by atoms with Gasteiger partial charge in [0.2, 0.25) is 0 Å². The van der Waals surface area contributed by atoms with Gasteiger partial charge in [0.25, 0.3) is 11.8 Å². The van der Waals surface area contributed by atoms with E-state index in [9.17, 15) is 9.59 Å². The molecular formula is C26H24N4O3. The van der Waals surface area contributed by atoms with Gasteiger partial charge in [-0.05, 0) is 54.7 Å². The third-order valence-corrected chi connectivity index (χ3v) is 6.00. The van der Waals surface area contributed by atoms with E-state index in [1.165, 1.54) is 5.56 Å². The van der Waals surface area contributed by atoms with Crippen LogP contribution in [-0.4, -0.2) is 34.9 Å². The largest absolute Gasteiger partial charge is 0.457 e. The molecule has 2 aromatic carbocycles. The topological polar surface area (TPSA) is 96.1 Å². The number of amides is 2. The van der Waals surface area contributed by atoms with Gasteiger partial charge in [0, 0.05) is 42.5 Å². The van der Waals surface area contributed by atoms with Crippen LogP contribution in [0.1, 0.15) is 38.4 Å². The van der Waals surface area contributed by atoms with Crippen molar-refractivity contribution < 1.29 is 14.3 Å². The van der Waals surface area contributed by atoms with E-state index in [0.717, 1.165) is 35.7 Å². The van der Waals surface area contributed by atoms with E-state index >= 15 is 0 Å². The van der Waals surface area contributed by atoms with E-state index in [4.69, 9.17) is 4.74 Å². The minimum atomic E-state index is -0.264. The highest BCUT2D eigenvalue weighted by Gasteiger charge is 2.22. The third kappa shape index (κ3) is 4.30. The Morgan fingerprint density at radius 1 is 1.03 bits per heavy atom. The molecule has 0 bridgehead atoms. The number of hydrogen-bond acceptors (Lipinski definition) is 4. The van der Waals surface area contributed by atoms with E-state index in [2.05, 4.69) is 26.7 Å². The van der Waals surface area contributed by atoms with Crippen molar-refractivity contribution in [3.63, 3.8) is 0 Å². The smallest absolute Gasteiger partial charge is 0.269 e. The Balaban J connectivity index is 1.29. The number of rotatable bonds is 5. The molecule has 1 atom stereocenters. The molecule has 7 heteroatoms. The van der Waals surface area contributed by atoms with Crippen molar-refractivity contribution in [2.75, 3.05) is 7.05 Å². The number of H-pyrrole nitrogens is 1. The quantitative estimate of drug-likeness (QED) is 0.437. The van der Waals surface area contributed by atoms with Crippen molar-refractivity contribution >= 4 is 22.7 Å². The standard InChI is InChI=1S/C26H24N4O3/c1-27-26(32)24-14-20(10-11-28-24)33-19-9-7-16-6-8-18(12-17(16)13-19)30-25(31)22-15-29-23-5-3-2-4-21(22)23/h2-5,7,9-11,13-15,18,29H,6,8,12H2,1H3,(H,27,32)(H,30,31). The number of nitrogens with one attached hydrogen (secondary N) is 3. The molecule has 5 rings (SSSR count). The van der Waals surface area contributed by atoms with Gasteiger partial charge in [-0.2, -0.15) is 0 Å². The van der Waals surface area contributed by atoms with E-state index < -0.39 is 0 Å². The molecule has 1 aliphatic carbocycles. The van der Waals surface area contributed by atoms with Crippen LogP contribution in [0.25, 0.3) is 10.9 Å². The second kappa shape index (κ2) is 8.78. The number of carbonyl (C=O) groups is 2. The fraction of sp³-hybridized carbons (Fsp3) is 0.192. The van der Waals surface area contributed by atoms with E-state index in [-0.39, 0.29) is 17.9 Å². The zero-order chi connectivity index (χ0) is 22.8. The van der Waals surface area contributed by atoms with Crippen LogP contribution in [0.4, 0.5) is 0 Å². The Hall–Kier alpha value is -4.13. The number of fused-ring (bicyclic) bond motifs is 2. The van der Waals surface area contributed by atoms with Crippen molar-refractivity contribution in [2.45, 2.75) is 25.3 Å². The number of para-hydroxylation sites is 1. The molecule has 4 aromatic rings. The predicted octanol–water partition coefficient (Wildman–Crippen LogP) is 4.00. The normalized spacial score (nSPS) is 15.0. The van der Waals surface area contributed by atoms with Gasteiger partial charge in [0.05, 0.1) is 5.56 Å². The lowest BCUT2D eigenvalue weighted by molar-refractivity contribution is 0.0932. The van der Waals surface area contributed by atoms with Gasteiger partial charge in [-0.25, -0.2) is 0 Å². The molecule has 0 saturated heterocycles. The summed E-state index contributed by atoms with van der Waals surface area (Å²) in [7, 11) is 1.56. The molecule has 2 amide bonds. The number of ether oxygens (including phenoxy) is 1. The molecule has 166 valence electrons. The van der Waals surface area contributed by atoms with Crippen molar-refractivity contribution in [2.24, 2.45) is 0 Å². The van der Waals surface area contributed by atoms with E-state index in [1.54, 1.807) is 31.6 Å². The second-order valence-electron chi connectivity index (χ2n) is 8.15. The average molecular weight is 441 g/mol. The number of hydrogen-bond donors (Lipinski definition) is 3. The molecule has 0 aliphatic heterocycles. The SMILES string of the molecule is CNC(=O)c1cc(Oc2ccc3c(c2)CC(NC(=O)c2c[nH]c4ccccc24)CC3)ccn1. The van der Waals surface area contributed by atoms with Gasteiger partial charge in [-0.3, -0.25) is 14.6 Å². The summed E-state index contributed by atoms with van der Waals surface area (Å²) in [4.78, 5) is 32.0. The van der Waals surface area contributed by atoms with Crippen LogP contribution in [0.5, 0.6) is 11.5 Å². The number of aromatic amines is 1. The van der Waals surface area contributed by atoms with Crippen LogP contribution in [0.2, 0.25) is 0 Å². The van der Waals surface area contributed by atoms with Crippen LogP contribution in [0.15, 0.2) is 67.0 Å². The second-order valence-corrected chi connectivity index (χ2v) is 8.15. The Morgan fingerprint density at radius 3 is 2.76 bits per heavy atom. The maximum Gasteiger partial charge on any atom is 0.269 e. The summed E-state index contributed by atoms with van der Waals surface area (Å²) in [5, 5.41) is 6.68. The van der Waals surface area contributed by atoms with Crippen LogP contribution in [0.3, 0.4) is 0 Å². The predicted molar refractivity (Wildman–Crippen MR) is 126 cm³/mol. The summed E-state index contributed by atoms with van der Waals surface area (Å²) >= 11 is 0. The van der Waals surface area contributed by atoms with Crippen LogP contribution in [0, 0.1) is 0 Å². The first-order valence-corrected chi connectivity index (χ1v) is 11.0. The fourth-order valence-corrected chi connectivity index (χ4v) is 4.31. The maximum atomic E-state index is 12.9. The van der Waals surface area contributed by atoms with E-state index in [1.807, 2.05) is 36.4 Å². The Kier molecular flexibility index (Phi) is 5.52. The highest BCUT2D eigenvalue weighted by molar-refractivity contribution is 6.06. The fourth-order valence-electron chi connectivity index (χ4n) is 4.31. The summed E-state index contributed by atoms with van der Waals surface area (Å²) in [5.41, 5.74) is 4.34. The highest BCUT2D eigenvalue weighted by atomic mass is 16.5. The van der Waals surface area contributed by atoms with Gasteiger partial charge < -0.3 is 20.4 Å². The number of carbonyl (C=O) groups excluding carboxylic acids is 2. The minimum Gasteiger partial charge on any atom is -0.457 e. The Bertz CT molecular complexity index is 1340. The van der Waals surface area contributed by atoms with Crippen LogP contribution < -0.4 is 15.4 Å². The lowest BCUT2D eigenvalue weighted by Crippen LogP contribution is -2.38. The summed E-state index contributed by atoms with van der Waals surface area (Å²) in [6.07, 6.45) is 5.84. The van der Waals surface area contributed by atoms with Gasteiger partial charge >= 0.3 is 0 Å². The van der Waals surface area contributed by atoms with Gasteiger partial charge in [0.1, 0.15) is 17.2 Å². The first-order chi connectivity index (χ1) is 16.1. The zero-order valence-corrected chi connectivity index (χ0v) is 18.2. The third-order valence-electron chi connectivity index (χ3n) is 6.00. The van der Waals surface area contributed by atoms with Gasteiger partial charge in [0.15, 0.2) is 0 Å². The average Bonchev–Trinajstić information content (AvgIpc) is 3.28. The van der Waals surface area contributed by atoms with E-state index in [0.29, 0.717) is 22.8 Å². The molecule has 1 aliphatic rings. The lowest BCUT2D eigenvalue weighted by atomic mass is 9.88. The highest BCUT2D eigenvalue weighted by Crippen LogP contribution is 2.29. The molecule has 3 N–H and O–H groups in total. The molecule has 0 radical (unpaired) electrons. The summed E-state index contributed by atoms with van der Waals surface area (Å²) in [6.45, 7) is 0. The van der Waals surface area contributed by atoms with Crippen molar-refractivity contribution in [1.29, 1.82) is 0 Å². The first kappa shape index (κ1) is 20.8. The van der Waals surface area contributed by atoms with Crippen molar-refractivity contribution in [3.05, 3.63) is 89.4 Å². The number of aryl methyl sites for hydroxylation is 1. The minimum absolute atomic E-state index is 0.0506. The molecule has 7 nitrogen and oxygen atoms in total. The Morgan fingerprint density at radius 2 is 1.88 bits per heavy atom. The summed E-state index contributed by atoms with van der Waals surface area (Å²) in [6, 6.07) is 17.2. The van der Waals surface area contributed by atoms with Gasteiger partial charge in [-0.15, -0.1) is 0 Å². The van der Waals surface area contributed by atoms with Gasteiger partial charge in [-0.1, -0.05) is 24.3 Å². The molecule has 0 spiro atoms. The number of aromatic nitrogens is 2. The number of pyridine rings is 1.